The number of aliphatic hydroxyl groups excluding tert-OH is 2. The Morgan fingerprint density at radius 1 is 0.333 bits per heavy atom. The summed E-state index contributed by atoms with van der Waals surface area (Å²) in [4.78, 5) is 0. The van der Waals surface area contributed by atoms with Gasteiger partial charge in [-0.2, -0.15) is 37.1 Å². The molecular weight excluding hydrogens is 1050 g/mol. The first-order valence-corrected chi connectivity index (χ1v) is 27.5. The third-order valence-electron chi connectivity index (χ3n) is 8.95. The van der Waals surface area contributed by atoms with Crippen LogP contribution in [0.2, 0.25) is 0 Å². The molecule has 8 aromatic rings. The zero-order valence-corrected chi connectivity index (χ0v) is 40.5. The predicted octanol–water partition coefficient (Wildman–Crippen LogP) is 10.6. The number of rotatable bonds is 8. The molecule has 0 aliphatic rings. The molecule has 8 aromatic carbocycles. The molecule has 60 heavy (non-hydrogen) atoms. The normalized spacial score (nSPS) is 9.77. The Morgan fingerprint density at radius 2 is 0.500 bits per heavy atom. The first-order chi connectivity index (χ1) is 29.6. The van der Waals surface area contributed by atoms with E-state index in [0.29, 0.717) is 0 Å². The van der Waals surface area contributed by atoms with E-state index in [0.717, 1.165) is 22.3 Å². The Morgan fingerprint density at radius 3 is 0.650 bits per heavy atom. The quantitative estimate of drug-likeness (QED) is 0.0905. The molecule has 0 atom stereocenters. The monoisotopic (exact) mass is 1090 g/mol. The van der Waals surface area contributed by atoms with E-state index in [1.165, 1.54) is 31.8 Å². The van der Waals surface area contributed by atoms with E-state index in [2.05, 4.69) is 254 Å². The Kier molecular flexibility index (Phi) is 26.4. The first kappa shape index (κ1) is 50.7. The molecule has 0 radical (unpaired) electrons. The van der Waals surface area contributed by atoms with E-state index in [-0.39, 0.29) is 13.2 Å². The van der Waals surface area contributed by atoms with Gasteiger partial charge >= 0.3 is 58.3 Å². The van der Waals surface area contributed by atoms with Crippen molar-refractivity contribution in [2.45, 2.75) is 13.2 Å². The van der Waals surface area contributed by atoms with Gasteiger partial charge in [0.2, 0.25) is 0 Å². The van der Waals surface area contributed by atoms with E-state index < -0.39 is 15.8 Å². The number of hydrogen-bond donors (Lipinski definition) is 2. The standard InChI is InChI=1S/2C18H15P.2C8H9O.BrH.ClH.2Pd/c2*1-4-10-16(11-5-1)19(17-12-6-2-7-13-17)18-14-8-3-9-15-18;2*1-7-4-2-3-5-8(7)6-9;;;;/h2*1-15H;2*2-5,9H,1,6H2;2*1H;;/q;;2*-1;;;2*+2. The minimum atomic E-state index is -0.877. The van der Waals surface area contributed by atoms with Crippen LogP contribution in [-0.4, -0.2) is 10.2 Å². The van der Waals surface area contributed by atoms with Gasteiger partial charge in [0.15, 0.2) is 0 Å². The van der Waals surface area contributed by atoms with Crippen molar-refractivity contribution >= 4 is 70.6 Å². The van der Waals surface area contributed by atoms with Gasteiger partial charge in [-0.3, -0.25) is 0 Å². The van der Waals surface area contributed by atoms with Crippen LogP contribution in [0.15, 0.2) is 231 Å². The summed E-state index contributed by atoms with van der Waals surface area (Å²) in [5, 5.41) is 26.0. The summed E-state index contributed by atoms with van der Waals surface area (Å²) >= 11 is 7.57. The molecule has 2 nitrogen and oxygen atoms in total. The Hall–Kier alpha value is -3.63. The zero-order valence-electron chi connectivity index (χ0n) is 33.1. The summed E-state index contributed by atoms with van der Waals surface area (Å²) in [5.41, 5.74) is 3.61. The fourth-order valence-electron chi connectivity index (χ4n) is 6.05. The second-order valence-corrected chi connectivity index (χ2v) is 17.8. The van der Waals surface area contributed by atoms with E-state index >= 15 is 0 Å². The van der Waals surface area contributed by atoms with Crippen LogP contribution in [0.25, 0.3) is 0 Å². The van der Waals surface area contributed by atoms with Gasteiger partial charge in [-0.15, -0.1) is 35.4 Å². The number of benzene rings is 8. The molecule has 0 heterocycles. The molecular formula is C52H50BrClO2P2Pd2+2. The molecule has 2 N–H and O–H groups in total. The molecule has 312 valence electrons. The summed E-state index contributed by atoms with van der Waals surface area (Å²) in [5.74, 6) is 0. The number of aliphatic hydroxyl groups is 2. The second kappa shape index (κ2) is 31.3. The van der Waals surface area contributed by atoms with Crippen molar-refractivity contribution < 1.29 is 45.6 Å². The van der Waals surface area contributed by atoms with Crippen LogP contribution in [0.4, 0.5) is 0 Å². The van der Waals surface area contributed by atoms with Gasteiger partial charge in [0.1, 0.15) is 31.8 Å². The molecule has 0 saturated heterocycles. The topological polar surface area (TPSA) is 40.5 Å². The summed E-state index contributed by atoms with van der Waals surface area (Å²) < 4.78 is 0. The minimum Gasteiger partial charge on any atom is -0.0620 e. The van der Waals surface area contributed by atoms with E-state index in [1.54, 1.807) is 0 Å². The fourth-order valence-corrected chi connectivity index (χ4v) is 11.2. The van der Waals surface area contributed by atoms with Crippen molar-refractivity contribution in [1.29, 1.82) is 0 Å². The molecule has 0 aliphatic carbocycles. The molecule has 0 aliphatic heterocycles. The summed E-state index contributed by atoms with van der Waals surface area (Å²) in [6.07, 6.45) is 0. The Bertz CT molecular complexity index is 1910. The summed E-state index contributed by atoms with van der Waals surface area (Å²) in [7, 11) is 2.73. The second-order valence-electron chi connectivity index (χ2n) is 12.8. The minimum absolute atomic E-state index is 0.0830. The van der Waals surface area contributed by atoms with Crippen LogP contribution in [0.1, 0.15) is 22.3 Å². The van der Waals surface area contributed by atoms with Gasteiger partial charge in [0, 0.05) is 13.2 Å². The van der Waals surface area contributed by atoms with E-state index in [1.807, 2.05) is 48.5 Å². The maximum atomic E-state index is 8.68. The van der Waals surface area contributed by atoms with Gasteiger partial charge in [-0.05, 0) is 72.8 Å². The molecule has 8 heteroatoms. The third kappa shape index (κ3) is 17.4. The van der Waals surface area contributed by atoms with Crippen LogP contribution >= 0.6 is 38.8 Å². The van der Waals surface area contributed by atoms with Crippen molar-refractivity contribution in [3.8, 4) is 0 Å². The molecule has 0 aromatic heterocycles. The smallest absolute Gasteiger partial charge is 0.0620 e. The molecule has 8 rings (SSSR count). The van der Waals surface area contributed by atoms with E-state index in [4.69, 9.17) is 10.2 Å². The summed E-state index contributed by atoms with van der Waals surface area (Å²) in [6, 6.07) is 80.1. The van der Waals surface area contributed by atoms with E-state index in [9.17, 15) is 0 Å². The molecule has 0 amide bonds. The van der Waals surface area contributed by atoms with Crippen molar-refractivity contribution in [3.05, 3.63) is 267 Å². The number of halogens is 2. The first-order valence-electron chi connectivity index (χ1n) is 18.9. The van der Waals surface area contributed by atoms with Gasteiger partial charge in [-0.25, -0.2) is 0 Å². The van der Waals surface area contributed by atoms with Crippen molar-refractivity contribution in [1.82, 2.24) is 0 Å². The zero-order chi connectivity index (χ0) is 43.2. The van der Waals surface area contributed by atoms with Crippen LogP contribution in [0.3, 0.4) is 0 Å². The molecule has 0 bridgehead atoms. The van der Waals surface area contributed by atoms with Gasteiger partial charge in [0.25, 0.3) is 0 Å². The SMILES string of the molecule is [Br][Pd+].[CH2-]c1ccccc1CO.[CH2-]c1ccccc1CO.[Cl][Pd+].c1ccc([PH+](c2ccccc2)c2ccccc2)cc1.c1ccc([PH+](c2ccccc2)c2ccccc2)cc1. The fraction of sp³-hybridized carbons (Fsp3) is 0.0385. The average Bonchev–Trinajstić information content (AvgIpc) is 3.34. The average molecular weight is 1100 g/mol. The predicted molar refractivity (Wildman–Crippen MR) is 262 cm³/mol. The van der Waals surface area contributed by atoms with Crippen molar-refractivity contribution in [3.63, 3.8) is 0 Å². The number of hydrogen-bond acceptors (Lipinski definition) is 2. The van der Waals surface area contributed by atoms with Crippen LogP contribution in [0.5, 0.6) is 0 Å². The molecule has 0 fully saturated rings. The molecule has 0 spiro atoms. The molecule has 0 saturated carbocycles. The largest absolute Gasteiger partial charge is 0.102 e. The van der Waals surface area contributed by atoms with Crippen LogP contribution in [-0.2, 0) is 48.6 Å². The Labute approximate surface area is 392 Å². The summed E-state index contributed by atoms with van der Waals surface area (Å²) in [6.45, 7) is 7.63. The van der Waals surface area contributed by atoms with Gasteiger partial charge in [-0.1, -0.05) is 121 Å². The van der Waals surface area contributed by atoms with Crippen LogP contribution in [0, 0.1) is 13.8 Å². The van der Waals surface area contributed by atoms with Crippen molar-refractivity contribution in [2.75, 3.05) is 0 Å². The maximum Gasteiger partial charge on any atom is 0.102 e. The third-order valence-corrected chi connectivity index (χ3v) is 14.4. The van der Waals surface area contributed by atoms with Gasteiger partial charge in [0.05, 0.1) is 15.8 Å². The van der Waals surface area contributed by atoms with Crippen molar-refractivity contribution in [2.24, 2.45) is 0 Å². The molecule has 0 unspecified atom stereocenters. The maximum absolute atomic E-state index is 8.68. The van der Waals surface area contributed by atoms with Crippen LogP contribution < -0.4 is 31.8 Å². The Balaban J connectivity index is 0.000000219. The van der Waals surface area contributed by atoms with Gasteiger partial charge < -0.3 is 10.2 Å².